The molecule has 0 saturated carbocycles. The molecule has 324 valence electrons. The topological polar surface area (TPSA) is 180 Å². The molecule has 2 saturated heterocycles. The molecule has 5 aromatic rings. The summed E-state index contributed by atoms with van der Waals surface area (Å²) >= 11 is 0. The third kappa shape index (κ3) is 9.29. The van der Waals surface area contributed by atoms with Gasteiger partial charge in [0.15, 0.2) is 11.6 Å². The number of nitrogens with zero attached hydrogens (tertiary/aromatic N) is 6. The lowest BCUT2D eigenvalue weighted by atomic mass is 9.95. The first-order chi connectivity index (χ1) is 29.8. The van der Waals surface area contributed by atoms with Gasteiger partial charge in [-0.25, -0.2) is 14.1 Å². The molecule has 3 aromatic carbocycles. The van der Waals surface area contributed by atoms with Crippen molar-refractivity contribution < 1.29 is 31.9 Å². The van der Waals surface area contributed by atoms with E-state index in [1.807, 2.05) is 6.07 Å². The quantitative estimate of drug-likeness (QED) is 0.0924. The van der Waals surface area contributed by atoms with Gasteiger partial charge in [-0.1, -0.05) is 12.1 Å². The number of primary amides is 2. The Morgan fingerprint density at radius 3 is 2.21 bits per heavy atom. The number of carbonyl (C=O) groups is 3. The number of amides is 3. The first-order valence-corrected chi connectivity index (χ1v) is 20.6. The van der Waals surface area contributed by atoms with Crippen LogP contribution in [0.2, 0.25) is 0 Å². The van der Waals surface area contributed by atoms with Crippen LogP contribution in [0.3, 0.4) is 0 Å². The van der Waals surface area contributed by atoms with Crippen LogP contribution in [0.25, 0.3) is 11.3 Å². The Bertz CT molecular complexity index is 2440. The van der Waals surface area contributed by atoms with E-state index in [2.05, 4.69) is 72.0 Å². The largest absolute Gasteiger partial charge is 0.419 e. The molecule has 18 heteroatoms. The Hall–Kier alpha value is -6.69. The Morgan fingerprint density at radius 1 is 0.839 bits per heavy atom. The van der Waals surface area contributed by atoms with E-state index in [0.717, 1.165) is 87.5 Å². The minimum atomic E-state index is -4.96. The second kappa shape index (κ2) is 17.7. The minimum Gasteiger partial charge on any atom is -0.385 e. The van der Waals surface area contributed by atoms with Gasteiger partial charge in [-0.2, -0.15) is 18.3 Å². The smallest absolute Gasteiger partial charge is 0.385 e. The molecule has 0 aliphatic carbocycles. The molecule has 0 spiro atoms. The molecule has 0 bridgehead atoms. The van der Waals surface area contributed by atoms with E-state index in [4.69, 9.17) is 16.6 Å². The predicted molar refractivity (Wildman–Crippen MR) is 229 cm³/mol. The molecule has 14 nitrogen and oxygen atoms in total. The first-order valence-electron chi connectivity index (χ1n) is 20.6. The summed E-state index contributed by atoms with van der Waals surface area (Å²) in [5.74, 6) is -3.34. The fourth-order valence-electron chi connectivity index (χ4n) is 8.40. The van der Waals surface area contributed by atoms with Crippen molar-refractivity contribution in [2.45, 2.75) is 38.4 Å². The Balaban J connectivity index is 0.852. The van der Waals surface area contributed by atoms with Crippen LogP contribution in [0.5, 0.6) is 0 Å². The molecule has 3 aliphatic rings. The van der Waals surface area contributed by atoms with Crippen LogP contribution in [0, 0.1) is 11.7 Å². The number of carbonyl (C=O) groups excluding carboxylic acids is 3. The van der Waals surface area contributed by atoms with Crippen LogP contribution >= 0.6 is 0 Å². The number of piperazine rings is 1. The average molecular weight is 854 g/mol. The van der Waals surface area contributed by atoms with Crippen LogP contribution in [0.1, 0.15) is 51.1 Å². The predicted octanol–water partition coefficient (Wildman–Crippen LogP) is 6.08. The summed E-state index contributed by atoms with van der Waals surface area (Å²) < 4.78 is 55.6. The van der Waals surface area contributed by atoms with Gasteiger partial charge in [0.25, 0.3) is 11.8 Å². The van der Waals surface area contributed by atoms with E-state index < -0.39 is 35.2 Å². The highest BCUT2D eigenvalue weighted by molar-refractivity contribution is 6.06. The van der Waals surface area contributed by atoms with Crippen LogP contribution in [0.15, 0.2) is 79.0 Å². The van der Waals surface area contributed by atoms with Gasteiger partial charge in [-0.3, -0.25) is 19.3 Å². The Labute approximate surface area is 355 Å². The number of anilines is 6. The van der Waals surface area contributed by atoms with Crippen molar-refractivity contribution in [1.82, 2.24) is 19.7 Å². The number of nitrogens with two attached hydrogens (primary N) is 2. The lowest BCUT2D eigenvalue weighted by Crippen LogP contribution is -2.49. The van der Waals surface area contributed by atoms with Gasteiger partial charge in [0.05, 0.1) is 5.56 Å². The Kier molecular flexibility index (Phi) is 12.0. The van der Waals surface area contributed by atoms with E-state index in [0.29, 0.717) is 55.0 Å². The van der Waals surface area contributed by atoms with Crippen molar-refractivity contribution in [1.29, 1.82) is 0 Å². The maximum absolute atomic E-state index is 14.5. The molecule has 0 atom stereocenters. The summed E-state index contributed by atoms with van der Waals surface area (Å²) in [6.45, 7) is 7.93. The van der Waals surface area contributed by atoms with Crippen molar-refractivity contribution in [3.8, 4) is 11.3 Å². The van der Waals surface area contributed by atoms with Crippen molar-refractivity contribution in [3.05, 3.63) is 107 Å². The van der Waals surface area contributed by atoms with Gasteiger partial charge in [0.1, 0.15) is 17.1 Å². The van der Waals surface area contributed by atoms with Crippen LogP contribution in [0.4, 0.5) is 51.9 Å². The molecule has 2 fully saturated rings. The summed E-state index contributed by atoms with van der Waals surface area (Å²) in [5.41, 5.74) is 15.8. The zero-order valence-electron chi connectivity index (χ0n) is 33.8. The summed E-state index contributed by atoms with van der Waals surface area (Å²) in [7, 11) is 0. The molecule has 8 rings (SSSR count). The van der Waals surface area contributed by atoms with E-state index in [1.54, 1.807) is 4.68 Å². The molecule has 3 amide bonds. The van der Waals surface area contributed by atoms with Gasteiger partial charge >= 0.3 is 6.18 Å². The number of alkyl halides is 3. The lowest BCUT2D eigenvalue weighted by Gasteiger charge is -2.40. The number of hydrogen-bond donors (Lipinski definition) is 5. The molecule has 3 aliphatic heterocycles. The highest BCUT2D eigenvalue weighted by atomic mass is 19.4. The minimum absolute atomic E-state index is 0.0170. The summed E-state index contributed by atoms with van der Waals surface area (Å²) in [4.78, 5) is 47.8. The van der Waals surface area contributed by atoms with Crippen LogP contribution in [-0.4, -0.2) is 89.7 Å². The second-order valence-electron chi connectivity index (χ2n) is 15.8. The molecule has 0 unspecified atom stereocenters. The Morgan fingerprint density at radius 2 is 1.53 bits per heavy atom. The van der Waals surface area contributed by atoms with Crippen molar-refractivity contribution >= 4 is 52.1 Å². The molecule has 2 aromatic heterocycles. The monoisotopic (exact) mass is 853 g/mol. The molecule has 5 heterocycles. The fourth-order valence-corrected chi connectivity index (χ4v) is 8.40. The zero-order valence-corrected chi connectivity index (χ0v) is 33.8. The van der Waals surface area contributed by atoms with Crippen molar-refractivity contribution in [3.63, 3.8) is 0 Å². The number of piperidine rings is 1. The number of fused-ring (bicyclic) bond motifs is 2. The SMILES string of the molecule is NC(=O)CCNc1ccc(N2CCC(CN3CCN(c4ccc5c(c4)CCn4nc(-c6ccc(C(=O)Nc7nccc(C(F)(F)F)c7F)cc6)c(C(N)=O)c4N5)CC3)CC2)cc1. The fraction of sp³-hybridized carbons (Fsp3) is 0.341. The number of rotatable bonds is 12. The molecular weight excluding hydrogens is 807 g/mol. The van der Waals surface area contributed by atoms with Crippen LogP contribution in [-0.2, 0) is 23.9 Å². The third-order valence-corrected chi connectivity index (χ3v) is 11.8. The summed E-state index contributed by atoms with van der Waals surface area (Å²) in [6.07, 6.45) is -0.961. The number of nitrogens with one attached hydrogen (secondary N) is 3. The number of benzene rings is 3. The summed E-state index contributed by atoms with van der Waals surface area (Å²) in [6, 6.07) is 21.0. The molecular formula is C44H47F4N11O3. The maximum Gasteiger partial charge on any atom is 0.419 e. The molecule has 0 radical (unpaired) electrons. The van der Waals surface area contributed by atoms with E-state index in [1.165, 1.54) is 30.0 Å². The standard InChI is InChI=1S/C44H47F4N11O3/c45-38-34(44(46,47)48)11-16-52-41(38)54-43(62)29-3-1-28(2-4-29)39-37(40(50)61)42-53-35-10-9-33(25-30(35)15-20-59(42)55-39)58-23-21-56(22-24-58)26-27-13-18-57(19-14-27)32-7-5-31(6-8-32)51-17-12-36(49)60/h1-11,16,25,27,51,53H,12-15,17-24,26H2,(H2,49,60)(H2,50,61)(H,52,54,62). The number of hydrogen-bond acceptors (Lipinski definition) is 10. The number of halogens is 4. The van der Waals surface area contributed by atoms with Gasteiger partial charge in [0, 0.05) is 105 Å². The highest BCUT2D eigenvalue weighted by Gasteiger charge is 2.36. The molecule has 7 N–H and O–H groups in total. The van der Waals surface area contributed by atoms with Crippen molar-refractivity contribution in [2.24, 2.45) is 17.4 Å². The van der Waals surface area contributed by atoms with E-state index >= 15 is 0 Å². The maximum atomic E-state index is 14.5. The summed E-state index contributed by atoms with van der Waals surface area (Å²) in [5, 5.41) is 13.5. The van der Waals surface area contributed by atoms with E-state index in [9.17, 15) is 31.9 Å². The van der Waals surface area contributed by atoms with E-state index in [-0.39, 0.29) is 17.0 Å². The lowest BCUT2D eigenvalue weighted by molar-refractivity contribution is -0.140. The second-order valence-corrected chi connectivity index (χ2v) is 15.8. The normalized spacial score (nSPS) is 15.9. The number of aromatic nitrogens is 3. The number of pyridine rings is 1. The zero-order chi connectivity index (χ0) is 43.5. The average Bonchev–Trinajstić information content (AvgIpc) is 3.52. The number of aryl methyl sites for hydroxylation is 2. The van der Waals surface area contributed by atoms with Crippen LogP contribution < -0.4 is 37.2 Å². The third-order valence-electron chi connectivity index (χ3n) is 11.8. The van der Waals surface area contributed by atoms with Gasteiger partial charge < -0.3 is 37.2 Å². The van der Waals surface area contributed by atoms with Crippen molar-refractivity contribution in [2.75, 3.05) is 78.1 Å². The van der Waals surface area contributed by atoms with Gasteiger partial charge in [-0.05, 0) is 91.4 Å². The highest BCUT2D eigenvalue weighted by Crippen LogP contribution is 2.37. The van der Waals surface area contributed by atoms with Gasteiger partial charge in [-0.15, -0.1) is 0 Å². The first kappa shape index (κ1) is 42.0. The molecule has 62 heavy (non-hydrogen) atoms. The van der Waals surface area contributed by atoms with Gasteiger partial charge in [0.2, 0.25) is 5.91 Å².